The van der Waals surface area contributed by atoms with Crippen LogP contribution in [0.5, 0.6) is 5.75 Å². The Hall–Kier alpha value is -2.11. The van der Waals surface area contributed by atoms with Crippen molar-refractivity contribution in [3.63, 3.8) is 0 Å². The summed E-state index contributed by atoms with van der Waals surface area (Å²) < 4.78 is 6.01. The van der Waals surface area contributed by atoms with Crippen molar-refractivity contribution in [2.24, 2.45) is 0 Å². The third-order valence-electron chi connectivity index (χ3n) is 3.31. The molecule has 1 aromatic heterocycles. The highest BCUT2D eigenvalue weighted by Gasteiger charge is 2.07. The van der Waals surface area contributed by atoms with Crippen molar-refractivity contribution in [2.45, 2.75) is 0 Å². The number of aromatic nitrogens is 2. The van der Waals surface area contributed by atoms with Crippen LogP contribution in [-0.4, -0.2) is 17.1 Å². The summed E-state index contributed by atoms with van der Waals surface area (Å²) in [5.41, 5.74) is 1.25. The molecule has 1 N–H and O–H groups in total. The van der Waals surface area contributed by atoms with Gasteiger partial charge in [0.15, 0.2) is 5.82 Å². The van der Waals surface area contributed by atoms with Gasteiger partial charge in [0.25, 0.3) is 5.56 Å². The lowest BCUT2D eigenvalue weighted by Gasteiger charge is -2.05. The molecule has 2 aromatic carbocycles. The molecule has 0 radical (unpaired) electrons. The van der Waals surface area contributed by atoms with Gasteiger partial charge in [-0.25, -0.2) is 4.98 Å². The molecular weight excluding hydrogens is 380 g/mol. The van der Waals surface area contributed by atoms with Gasteiger partial charge in [-0.3, -0.25) is 4.79 Å². The first-order valence-corrected chi connectivity index (χ1v) is 7.96. The van der Waals surface area contributed by atoms with Gasteiger partial charge in [-0.15, -0.1) is 0 Å². The highest BCUT2D eigenvalue weighted by Crippen LogP contribution is 2.28. The molecule has 116 valence electrons. The minimum absolute atomic E-state index is 0.215. The van der Waals surface area contributed by atoms with Gasteiger partial charge in [0, 0.05) is 0 Å². The smallest absolute Gasteiger partial charge is 0.259 e. The van der Waals surface area contributed by atoms with Crippen molar-refractivity contribution < 1.29 is 4.74 Å². The number of methoxy groups -OCH3 is 1. The second kappa shape index (κ2) is 6.56. The molecule has 0 saturated heterocycles. The number of hydrogen-bond acceptors (Lipinski definition) is 3. The van der Waals surface area contributed by atoms with Crippen molar-refractivity contribution in [3.05, 3.63) is 68.7 Å². The Labute approximate surface area is 145 Å². The standard InChI is InChI=1S/C17H12BrClN2O2/c1-23-15-7-6-10(8-12(15)18)9-13(19)16-20-14-5-3-2-4-11(14)17(22)21-16/h2-9H,1H3,(H,20,21,22)/b13-9-. The predicted molar refractivity (Wildman–Crippen MR) is 96.8 cm³/mol. The van der Waals surface area contributed by atoms with E-state index in [2.05, 4.69) is 25.9 Å². The molecule has 0 unspecified atom stereocenters. The molecule has 4 nitrogen and oxygen atoms in total. The van der Waals surface area contributed by atoms with Crippen molar-refractivity contribution >= 4 is 49.5 Å². The SMILES string of the molecule is COc1ccc(/C=C(\Cl)c2nc3ccccc3c(=O)[nH]2)cc1Br. The highest BCUT2D eigenvalue weighted by atomic mass is 79.9. The van der Waals surface area contributed by atoms with Gasteiger partial charge >= 0.3 is 0 Å². The normalized spacial score (nSPS) is 11.7. The molecule has 0 fully saturated rings. The van der Waals surface area contributed by atoms with E-state index in [0.29, 0.717) is 21.8 Å². The molecule has 0 aliphatic rings. The van der Waals surface area contributed by atoms with Crippen LogP contribution in [0.1, 0.15) is 11.4 Å². The van der Waals surface area contributed by atoms with Gasteiger partial charge in [-0.1, -0.05) is 29.8 Å². The van der Waals surface area contributed by atoms with Crippen LogP contribution in [0.3, 0.4) is 0 Å². The van der Waals surface area contributed by atoms with Gasteiger partial charge in [-0.05, 0) is 51.8 Å². The Morgan fingerprint density at radius 1 is 1.30 bits per heavy atom. The fourth-order valence-electron chi connectivity index (χ4n) is 2.19. The van der Waals surface area contributed by atoms with Crippen LogP contribution in [0.25, 0.3) is 22.0 Å². The minimum Gasteiger partial charge on any atom is -0.496 e. The van der Waals surface area contributed by atoms with E-state index in [9.17, 15) is 4.79 Å². The van der Waals surface area contributed by atoms with Gasteiger partial charge in [0.2, 0.25) is 0 Å². The van der Waals surface area contributed by atoms with Crippen LogP contribution < -0.4 is 10.3 Å². The van der Waals surface area contributed by atoms with Crippen molar-refractivity contribution in [2.75, 3.05) is 7.11 Å². The summed E-state index contributed by atoms with van der Waals surface area (Å²) in [5.74, 6) is 1.07. The number of hydrogen-bond donors (Lipinski definition) is 1. The second-order valence-corrected chi connectivity index (χ2v) is 6.08. The van der Waals surface area contributed by atoms with E-state index >= 15 is 0 Å². The molecular formula is C17H12BrClN2O2. The predicted octanol–water partition coefficient (Wildman–Crippen LogP) is 4.43. The Morgan fingerprint density at radius 3 is 2.83 bits per heavy atom. The maximum atomic E-state index is 12.1. The Balaban J connectivity index is 2.04. The lowest BCUT2D eigenvalue weighted by atomic mass is 10.2. The van der Waals surface area contributed by atoms with E-state index in [1.54, 1.807) is 31.4 Å². The van der Waals surface area contributed by atoms with Gasteiger partial charge in [-0.2, -0.15) is 0 Å². The fourth-order valence-corrected chi connectivity index (χ4v) is 2.96. The number of ether oxygens (including phenoxy) is 1. The van der Waals surface area contributed by atoms with E-state index in [0.717, 1.165) is 15.8 Å². The highest BCUT2D eigenvalue weighted by molar-refractivity contribution is 9.10. The topological polar surface area (TPSA) is 55.0 Å². The number of fused-ring (bicyclic) bond motifs is 1. The average molecular weight is 392 g/mol. The van der Waals surface area contributed by atoms with Crippen molar-refractivity contribution in [1.29, 1.82) is 0 Å². The fraction of sp³-hybridized carbons (Fsp3) is 0.0588. The summed E-state index contributed by atoms with van der Waals surface area (Å²) in [7, 11) is 1.60. The first-order chi connectivity index (χ1) is 11.1. The number of H-pyrrole nitrogens is 1. The molecule has 0 aliphatic heterocycles. The number of nitrogens with zero attached hydrogens (tertiary/aromatic N) is 1. The third kappa shape index (κ3) is 3.30. The third-order valence-corrected chi connectivity index (χ3v) is 4.22. The number of rotatable bonds is 3. The molecule has 6 heteroatoms. The van der Waals surface area contributed by atoms with Crippen LogP contribution >= 0.6 is 27.5 Å². The molecule has 0 amide bonds. The largest absolute Gasteiger partial charge is 0.496 e. The lowest BCUT2D eigenvalue weighted by Crippen LogP contribution is -2.10. The molecule has 0 spiro atoms. The van der Waals surface area contributed by atoms with E-state index < -0.39 is 0 Å². The van der Waals surface area contributed by atoms with E-state index in [1.807, 2.05) is 24.3 Å². The Bertz CT molecular complexity index is 966. The van der Waals surface area contributed by atoms with Crippen LogP contribution in [-0.2, 0) is 0 Å². The van der Waals surface area contributed by atoms with E-state index in [1.165, 1.54) is 0 Å². The van der Waals surface area contributed by atoms with Crippen molar-refractivity contribution in [1.82, 2.24) is 9.97 Å². The van der Waals surface area contributed by atoms with Gasteiger partial charge < -0.3 is 9.72 Å². The first-order valence-electron chi connectivity index (χ1n) is 6.78. The van der Waals surface area contributed by atoms with E-state index in [-0.39, 0.29) is 5.56 Å². The molecule has 0 atom stereocenters. The zero-order valence-electron chi connectivity index (χ0n) is 12.1. The number of nitrogens with one attached hydrogen (secondary N) is 1. The summed E-state index contributed by atoms with van der Waals surface area (Å²) in [6, 6.07) is 12.7. The molecule has 1 heterocycles. The molecule has 23 heavy (non-hydrogen) atoms. The first kappa shape index (κ1) is 15.8. The number of benzene rings is 2. The van der Waals surface area contributed by atoms with Gasteiger partial charge in [0.1, 0.15) is 5.75 Å². The summed E-state index contributed by atoms with van der Waals surface area (Å²) >= 11 is 9.75. The minimum atomic E-state index is -0.215. The Morgan fingerprint density at radius 2 is 2.09 bits per heavy atom. The maximum absolute atomic E-state index is 12.1. The maximum Gasteiger partial charge on any atom is 0.259 e. The van der Waals surface area contributed by atoms with Gasteiger partial charge in [0.05, 0.1) is 27.5 Å². The van der Waals surface area contributed by atoms with Crippen molar-refractivity contribution in [3.8, 4) is 5.75 Å². The van der Waals surface area contributed by atoms with E-state index in [4.69, 9.17) is 16.3 Å². The van der Waals surface area contributed by atoms with Crippen LogP contribution in [0.4, 0.5) is 0 Å². The monoisotopic (exact) mass is 390 g/mol. The number of aromatic amines is 1. The van der Waals surface area contributed by atoms with Crippen LogP contribution in [0, 0.1) is 0 Å². The van der Waals surface area contributed by atoms with Crippen LogP contribution in [0.15, 0.2) is 51.7 Å². The summed E-state index contributed by atoms with van der Waals surface area (Å²) in [6.07, 6.45) is 1.73. The number of para-hydroxylation sites is 1. The molecule has 3 rings (SSSR count). The number of halogens is 2. The summed E-state index contributed by atoms with van der Waals surface area (Å²) in [5, 5.41) is 0.887. The molecule has 3 aromatic rings. The average Bonchev–Trinajstić information content (AvgIpc) is 2.55. The second-order valence-electron chi connectivity index (χ2n) is 4.82. The summed E-state index contributed by atoms with van der Waals surface area (Å²) in [6.45, 7) is 0. The lowest BCUT2D eigenvalue weighted by molar-refractivity contribution is 0.412. The zero-order chi connectivity index (χ0) is 16.4. The Kier molecular flexibility index (Phi) is 4.50. The quantitative estimate of drug-likeness (QED) is 0.718. The zero-order valence-corrected chi connectivity index (χ0v) is 14.5. The molecule has 0 saturated carbocycles. The summed E-state index contributed by atoms with van der Waals surface area (Å²) in [4.78, 5) is 19.2. The molecule has 0 bridgehead atoms. The van der Waals surface area contributed by atoms with Crippen LogP contribution in [0.2, 0.25) is 0 Å². The molecule has 0 aliphatic carbocycles.